The molecule has 4 atom stereocenters. The second-order valence-corrected chi connectivity index (χ2v) is 8.60. The maximum atomic E-state index is 12.2. The second-order valence-electron chi connectivity index (χ2n) is 8.60. The van der Waals surface area contributed by atoms with E-state index in [4.69, 9.17) is 4.52 Å². The Bertz CT molecular complexity index is 667. The highest BCUT2D eigenvalue weighted by atomic mass is 16.5. The number of nitrogens with one attached hydrogen (secondary N) is 2. The van der Waals surface area contributed by atoms with Crippen LogP contribution in [-0.2, 0) is 16.0 Å². The van der Waals surface area contributed by atoms with Gasteiger partial charge in [-0.15, -0.1) is 0 Å². The molecule has 142 valence electrons. The van der Waals surface area contributed by atoms with Crippen LogP contribution < -0.4 is 10.6 Å². The Morgan fingerprint density at radius 1 is 1.19 bits per heavy atom. The molecule has 0 radical (unpaired) electrons. The van der Waals surface area contributed by atoms with E-state index in [0.29, 0.717) is 24.2 Å². The molecule has 0 aliphatic heterocycles. The summed E-state index contributed by atoms with van der Waals surface area (Å²) in [4.78, 5) is 24.1. The summed E-state index contributed by atoms with van der Waals surface area (Å²) in [6.45, 7) is 2.94. The van der Waals surface area contributed by atoms with Gasteiger partial charge in [0.15, 0.2) is 0 Å². The average Bonchev–Trinajstić information content (AvgIpc) is 3.46. The molecule has 26 heavy (non-hydrogen) atoms. The smallest absolute Gasteiger partial charge is 0.226 e. The lowest BCUT2D eigenvalue weighted by molar-refractivity contribution is -0.122. The molecule has 3 aliphatic rings. The second kappa shape index (κ2) is 7.41. The van der Waals surface area contributed by atoms with Gasteiger partial charge in [0.1, 0.15) is 5.76 Å². The number of carbonyl (C=O) groups excluding carboxylic acids is 2. The minimum atomic E-state index is 0.0121. The van der Waals surface area contributed by atoms with Crippen molar-refractivity contribution in [2.75, 3.05) is 6.54 Å². The SMILES string of the molecule is CC1CC1CC(=O)NCC1CCC(NC(=O)Cc2cc(C3CC3)on2)C1. The molecule has 3 fully saturated rings. The highest BCUT2D eigenvalue weighted by Gasteiger charge is 2.34. The van der Waals surface area contributed by atoms with Crippen LogP contribution in [0.25, 0.3) is 0 Å². The number of aromatic nitrogens is 1. The lowest BCUT2D eigenvalue weighted by Crippen LogP contribution is -2.35. The first kappa shape index (κ1) is 17.6. The fourth-order valence-corrected chi connectivity index (χ4v) is 4.06. The van der Waals surface area contributed by atoms with Gasteiger partial charge in [-0.05, 0) is 56.3 Å². The van der Waals surface area contributed by atoms with Crippen LogP contribution in [0.1, 0.15) is 69.2 Å². The Hall–Kier alpha value is -1.85. The summed E-state index contributed by atoms with van der Waals surface area (Å²) < 4.78 is 5.30. The molecule has 1 heterocycles. The third-order valence-electron chi connectivity index (χ3n) is 6.12. The van der Waals surface area contributed by atoms with E-state index in [1.165, 1.54) is 19.3 Å². The Morgan fingerprint density at radius 2 is 2.00 bits per heavy atom. The monoisotopic (exact) mass is 359 g/mol. The molecule has 2 amide bonds. The Morgan fingerprint density at radius 3 is 2.73 bits per heavy atom. The number of carbonyl (C=O) groups is 2. The van der Waals surface area contributed by atoms with E-state index in [1.54, 1.807) is 0 Å². The molecule has 1 aromatic rings. The number of amides is 2. The lowest BCUT2D eigenvalue weighted by Gasteiger charge is -2.14. The fourth-order valence-electron chi connectivity index (χ4n) is 4.06. The molecule has 3 saturated carbocycles. The Kier molecular flexibility index (Phi) is 5.00. The highest BCUT2D eigenvalue weighted by molar-refractivity contribution is 5.78. The zero-order chi connectivity index (χ0) is 18.1. The predicted molar refractivity (Wildman–Crippen MR) is 96.4 cm³/mol. The molecule has 1 aromatic heterocycles. The molecule has 4 unspecified atom stereocenters. The van der Waals surface area contributed by atoms with Gasteiger partial charge in [-0.1, -0.05) is 12.1 Å². The molecule has 6 heteroatoms. The van der Waals surface area contributed by atoms with Gasteiger partial charge < -0.3 is 15.2 Å². The zero-order valence-corrected chi connectivity index (χ0v) is 15.5. The number of nitrogens with zero attached hydrogens (tertiary/aromatic N) is 1. The van der Waals surface area contributed by atoms with Crippen LogP contribution in [0.4, 0.5) is 0 Å². The average molecular weight is 359 g/mol. The summed E-state index contributed by atoms with van der Waals surface area (Å²) in [6, 6.07) is 2.13. The molecule has 6 nitrogen and oxygen atoms in total. The van der Waals surface area contributed by atoms with E-state index >= 15 is 0 Å². The van der Waals surface area contributed by atoms with Gasteiger partial charge in [0.25, 0.3) is 0 Å². The van der Waals surface area contributed by atoms with Crippen molar-refractivity contribution in [3.8, 4) is 0 Å². The third kappa shape index (κ3) is 4.65. The fraction of sp³-hybridized carbons (Fsp3) is 0.750. The van der Waals surface area contributed by atoms with Gasteiger partial charge >= 0.3 is 0 Å². The van der Waals surface area contributed by atoms with E-state index in [-0.39, 0.29) is 24.3 Å². The van der Waals surface area contributed by atoms with Crippen molar-refractivity contribution in [1.82, 2.24) is 15.8 Å². The molecule has 0 saturated heterocycles. The summed E-state index contributed by atoms with van der Waals surface area (Å²) in [6.07, 6.45) is 7.47. The third-order valence-corrected chi connectivity index (χ3v) is 6.12. The summed E-state index contributed by atoms with van der Waals surface area (Å²) in [5, 5.41) is 10.2. The first-order valence-electron chi connectivity index (χ1n) is 10.1. The summed E-state index contributed by atoms with van der Waals surface area (Å²) in [7, 11) is 0. The first-order chi connectivity index (χ1) is 12.6. The van der Waals surface area contributed by atoms with Crippen molar-refractivity contribution in [1.29, 1.82) is 0 Å². The van der Waals surface area contributed by atoms with Gasteiger partial charge in [0, 0.05) is 31.0 Å². The van der Waals surface area contributed by atoms with Gasteiger partial charge in [0.2, 0.25) is 11.8 Å². The summed E-state index contributed by atoms with van der Waals surface area (Å²) >= 11 is 0. The van der Waals surface area contributed by atoms with Crippen molar-refractivity contribution in [2.24, 2.45) is 17.8 Å². The van der Waals surface area contributed by atoms with Crippen LogP contribution in [0.3, 0.4) is 0 Å². The molecule has 0 spiro atoms. The standard InChI is InChI=1S/C20H29N3O3/c1-12-6-15(12)8-19(24)21-11-13-2-5-16(7-13)22-20(25)10-17-9-18(26-23-17)14-3-4-14/h9,12-16H,2-8,10-11H2,1H3,(H,21,24)(H,22,25). The quantitative estimate of drug-likeness (QED) is 0.747. The maximum absolute atomic E-state index is 12.2. The lowest BCUT2D eigenvalue weighted by atomic mass is 10.1. The molecule has 3 aliphatic carbocycles. The zero-order valence-electron chi connectivity index (χ0n) is 15.5. The minimum Gasteiger partial charge on any atom is -0.361 e. The van der Waals surface area contributed by atoms with Crippen LogP contribution in [0.5, 0.6) is 0 Å². The predicted octanol–water partition coefficient (Wildman–Crippen LogP) is 2.54. The molecule has 4 rings (SSSR count). The van der Waals surface area contributed by atoms with Crippen molar-refractivity contribution in [3.63, 3.8) is 0 Å². The number of hydrogen-bond acceptors (Lipinski definition) is 4. The minimum absolute atomic E-state index is 0.0121. The van der Waals surface area contributed by atoms with Crippen LogP contribution in [0, 0.1) is 17.8 Å². The molecule has 0 bridgehead atoms. The molecular weight excluding hydrogens is 330 g/mol. The topological polar surface area (TPSA) is 84.2 Å². The number of rotatable bonds is 8. The normalized spacial score (nSPS) is 30.2. The molecule has 2 N–H and O–H groups in total. The van der Waals surface area contributed by atoms with E-state index in [9.17, 15) is 9.59 Å². The Labute approximate surface area is 154 Å². The number of hydrogen-bond donors (Lipinski definition) is 2. The van der Waals surface area contributed by atoms with E-state index in [1.807, 2.05) is 6.07 Å². The Balaban J connectivity index is 1.14. The van der Waals surface area contributed by atoms with Crippen molar-refractivity contribution >= 4 is 11.8 Å². The van der Waals surface area contributed by atoms with Crippen LogP contribution in [-0.4, -0.2) is 29.6 Å². The van der Waals surface area contributed by atoms with Gasteiger partial charge in [-0.2, -0.15) is 0 Å². The summed E-state index contributed by atoms with van der Waals surface area (Å²) in [5.74, 6) is 3.43. The largest absolute Gasteiger partial charge is 0.361 e. The van der Waals surface area contributed by atoms with Gasteiger partial charge in [-0.25, -0.2) is 0 Å². The summed E-state index contributed by atoms with van der Waals surface area (Å²) in [5.41, 5.74) is 0.723. The molecular formula is C20H29N3O3. The van der Waals surface area contributed by atoms with E-state index < -0.39 is 0 Å². The van der Waals surface area contributed by atoms with E-state index in [2.05, 4.69) is 22.7 Å². The van der Waals surface area contributed by atoms with Crippen molar-refractivity contribution in [3.05, 3.63) is 17.5 Å². The first-order valence-corrected chi connectivity index (χ1v) is 10.1. The van der Waals surface area contributed by atoms with Gasteiger partial charge in [-0.3, -0.25) is 9.59 Å². The van der Waals surface area contributed by atoms with Crippen LogP contribution >= 0.6 is 0 Å². The van der Waals surface area contributed by atoms with Crippen LogP contribution in [0.15, 0.2) is 10.6 Å². The molecule has 0 aromatic carbocycles. The van der Waals surface area contributed by atoms with Crippen molar-refractivity contribution < 1.29 is 14.1 Å². The van der Waals surface area contributed by atoms with Crippen molar-refractivity contribution in [2.45, 2.75) is 70.3 Å². The van der Waals surface area contributed by atoms with Gasteiger partial charge in [0.05, 0.1) is 12.1 Å². The van der Waals surface area contributed by atoms with E-state index in [0.717, 1.165) is 43.2 Å². The highest BCUT2D eigenvalue weighted by Crippen LogP contribution is 2.40. The van der Waals surface area contributed by atoms with Crippen LogP contribution in [0.2, 0.25) is 0 Å². The maximum Gasteiger partial charge on any atom is 0.226 e.